The molecule has 0 unspecified atom stereocenters. The molecule has 0 saturated carbocycles. The van der Waals surface area contributed by atoms with Gasteiger partial charge in [0.2, 0.25) is 5.95 Å². The number of benzene rings is 1. The quantitative estimate of drug-likeness (QED) is 0.223. The number of nitrogens with zero attached hydrogens (tertiary/aromatic N) is 7. The molecule has 4 heterocycles. The molecule has 0 spiro atoms. The maximum atomic E-state index is 15.0. The molecule has 1 aliphatic heterocycles. The van der Waals surface area contributed by atoms with Crippen molar-refractivity contribution in [3.8, 4) is 11.3 Å². The first-order valence-electron chi connectivity index (χ1n) is 15.1. The Balaban J connectivity index is 0.000000854. The number of piperidine rings is 1. The highest BCUT2D eigenvalue weighted by atomic mass is 32.2. The molecule has 11 nitrogen and oxygen atoms in total. The van der Waals surface area contributed by atoms with Crippen LogP contribution in [0.4, 0.5) is 26.2 Å². The van der Waals surface area contributed by atoms with Crippen molar-refractivity contribution >= 4 is 38.6 Å². The molecule has 0 aliphatic carbocycles. The zero-order chi connectivity index (χ0) is 33.1. The van der Waals surface area contributed by atoms with Crippen LogP contribution in [0.2, 0.25) is 0 Å². The number of rotatable bonds is 8. The molecule has 1 aromatic carbocycles. The van der Waals surface area contributed by atoms with E-state index in [0.29, 0.717) is 35.0 Å². The van der Waals surface area contributed by atoms with Gasteiger partial charge in [0.1, 0.15) is 22.9 Å². The van der Waals surface area contributed by atoms with Gasteiger partial charge in [-0.1, -0.05) is 13.8 Å². The summed E-state index contributed by atoms with van der Waals surface area (Å²) in [6.45, 7) is 16.4. The van der Waals surface area contributed by atoms with Gasteiger partial charge in [-0.3, -0.25) is 4.55 Å². The Morgan fingerprint density at radius 1 is 1.04 bits per heavy atom. The Hall–Kier alpha value is -3.75. The van der Waals surface area contributed by atoms with Crippen LogP contribution in [-0.4, -0.2) is 80.9 Å². The van der Waals surface area contributed by atoms with Gasteiger partial charge in [0, 0.05) is 30.7 Å². The highest BCUT2D eigenvalue weighted by molar-refractivity contribution is 7.85. The summed E-state index contributed by atoms with van der Waals surface area (Å²) in [5.41, 5.74) is 3.21. The summed E-state index contributed by atoms with van der Waals surface area (Å²) in [5, 5.41) is 3.10. The smallest absolute Gasteiger partial charge is 0.261 e. The van der Waals surface area contributed by atoms with E-state index in [2.05, 4.69) is 50.0 Å². The monoisotopic (exact) mass is 644 g/mol. The van der Waals surface area contributed by atoms with Crippen molar-refractivity contribution in [1.29, 1.82) is 0 Å². The molecule has 2 N–H and O–H groups in total. The first-order chi connectivity index (χ1) is 21.2. The molecular weight excluding hydrogens is 602 g/mol. The Kier molecular flexibility index (Phi) is 10.7. The van der Waals surface area contributed by atoms with Crippen LogP contribution >= 0.6 is 0 Å². The third-order valence-electron chi connectivity index (χ3n) is 7.89. The second-order valence-corrected chi connectivity index (χ2v) is 12.9. The lowest BCUT2D eigenvalue weighted by Gasteiger charge is -2.39. The maximum absolute atomic E-state index is 15.0. The van der Waals surface area contributed by atoms with Crippen molar-refractivity contribution in [2.45, 2.75) is 66.5 Å². The average Bonchev–Trinajstić information content (AvgIpc) is 3.31. The Labute approximate surface area is 263 Å². The normalized spacial score (nSPS) is 14.3. The Bertz CT molecular complexity index is 1740. The van der Waals surface area contributed by atoms with Gasteiger partial charge < -0.3 is 19.7 Å². The van der Waals surface area contributed by atoms with Crippen LogP contribution in [0.5, 0.6) is 0 Å². The van der Waals surface area contributed by atoms with E-state index in [4.69, 9.17) is 9.54 Å². The lowest BCUT2D eigenvalue weighted by atomic mass is 10.0. The van der Waals surface area contributed by atoms with E-state index < -0.39 is 21.8 Å². The SMILES string of the molecule is CCN(CC)C1CCN(c2ccc(Nc3ncc(F)c(-c4cc(F)c5nc(C)n(C(C)C)c5c4)n3)nc2C)CC1.CS(=O)(=O)O. The van der Waals surface area contributed by atoms with E-state index in [9.17, 15) is 12.8 Å². The maximum Gasteiger partial charge on any atom is 0.261 e. The molecule has 1 saturated heterocycles. The topological polar surface area (TPSA) is 129 Å². The lowest BCUT2D eigenvalue weighted by Crippen LogP contribution is -2.45. The minimum atomic E-state index is -3.67. The second-order valence-electron chi connectivity index (χ2n) is 11.4. The number of hydrogen-bond acceptors (Lipinski definition) is 9. The van der Waals surface area contributed by atoms with Crippen LogP contribution in [0.3, 0.4) is 0 Å². The third kappa shape index (κ3) is 8.30. The number of imidazole rings is 1. The van der Waals surface area contributed by atoms with Gasteiger partial charge in [-0.2, -0.15) is 8.42 Å². The highest BCUT2D eigenvalue weighted by Crippen LogP contribution is 2.31. The fraction of sp³-hybridized carbons (Fsp3) is 0.484. The van der Waals surface area contributed by atoms with Crippen molar-refractivity contribution in [3.63, 3.8) is 0 Å². The van der Waals surface area contributed by atoms with E-state index >= 15 is 4.39 Å². The summed E-state index contributed by atoms with van der Waals surface area (Å²) in [5.74, 6) is 0.294. The standard InChI is InChI=1S/C30H38F2N8.CH4O3S/c1-7-38(8-2)22-11-13-39(14-12-22)25-9-10-27(34-19(25)5)36-30-33-17-24(32)28(37-30)21-15-23(31)29-26(16-21)40(18(3)4)20(6)35-29;1-5(2,3)4/h9-10,15-18,22H,7-8,11-14H2,1-6H3,(H,33,34,36,37);1H3,(H,2,3,4). The number of hydrogen-bond donors (Lipinski definition) is 2. The third-order valence-corrected chi connectivity index (χ3v) is 7.89. The fourth-order valence-corrected chi connectivity index (χ4v) is 5.97. The van der Waals surface area contributed by atoms with Crippen molar-refractivity contribution in [1.82, 2.24) is 29.4 Å². The molecule has 244 valence electrons. The van der Waals surface area contributed by atoms with E-state index in [1.54, 1.807) is 6.07 Å². The summed E-state index contributed by atoms with van der Waals surface area (Å²) in [7, 11) is -3.67. The molecule has 4 aromatic rings. The number of aromatic nitrogens is 5. The predicted octanol–water partition coefficient (Wildman–Crippen LogP) is 5.92. The van der Waals surface area contributed by atoms with Crippen molar-refractivity contribution in [2.75, 3.05) is 42.7 Å². The molecule has 0 radical (unpaired) electrons. The first-order valence-corrected chi connectivity index (χ1v) is 16.9. The molecule has 45 heavy (non-hydrogen) atoms. The molecule has 0 bridgehead atoms. The molecule has 0 atom stereocenters. The number of fused-ring (bicyclic) bond motifs is 1. The number of aryl methyl sites for hydroxylation is 2. The van der Waals surface area contributed by atoms with E-state index in [1.807, 2.05) is 38.3 Å². The molecule has 14 heteroatoms. The number of pyridine rings is 1. The highest BCUT2D eigenvalue weighted by Gasteiger charge is 2.24. The van der Waals surface area contributed by atoms with Crippen LogP contribution in [0.15, 0.2) is 30.5 Å². The molecular formula is C31H42F2N8O3S. The molecule has 1 aliphatic rings. The summed E-state index contributed by atoms with van der Waals surface area (Å²) in [6.07, 6.45) is 4.08. The van der Waals surface area contributed by atoms with Gasteiger partial charge in [0.25, 0.3) is 10.1 Å². The van der Waals surface area contributed by atoms with Crippen molar-refractivity contribution in [3.05, 3.63) is 53.6 Å². The van der Waals surface area contributed by atoms with Crippen molar-refractivity contribution in [2.24, 2.45) is 0 Å². The largest absolute Gasteiger partial charge is 0.370 e. The van der Waals surface area contributed by atoms with Crippen LogP contribution in [-0.2, 0) is 10.1 Å². The summed E-state index contributed by atoms with van der Waals surface area (Å²) in [6, 6.07) is 7.66. The van der Waals surface area contributed by atoms with E-state index in [-0.39, 0.29) is 23.2 Å². The van der Waals surface area contributed by atoms with Gasteiger partial charge in [-0.15, -0.1) is 0 Å². The van der Waals surface area contributed by atoms with Crippen LogP contribution in [0, 0.1) is 25.5 Å². The Morgan fingerprint density at radius 3 is 2.27 bits per heavy atom. The Morgan fingerprint density at radius 2 is 1.69 bits per heavy atom. The molecule has 0 amide bonds. The van der Waals surface area contributed by atoms with Crippen LogP contribution < -0.4 is 10.2 Å². The summed E-state index contributed by atoms with van der Waals surface area (Å²) < 4.78 is 57.7. The zero-order valence-electron chi connectivity index (χ0n) is 26.8. The van der Waals surface area contributed by atoms with Gasteiger partial charge in [-0.25, -0.2) is 28.7 Å². The van der Waals surface area contributed by atoms with Gasteiger partial charge in [0.05, 0.1) is 29.4 Å². The van der Waals surface area contributed by atoms with Crippen molar-refractivity contribution < 1.29 is 21.8 Å². The average molecular weight is 645 g/mol. The fourth-order valence-electron chi connectivity index (χ4n) is 5.97. The van der Waals surface area contributed by atoms with Gasteiger partial charge >= 0.3 is 0 Å². The summed E-state index contributed by atoms with van der Waals surface area (Å²) >= 11 is 0. The second kappa shape index (κ2) is 14.1. The first kappa shape index (κ1) is 34.1. The number of anilines is 3. The number of nitrogens with one attached hydrogen (secondary N) is 1. The predicted molar refractivity (Wildman–Crippen MR) is 174 cm³/mol. The van der Waals surface area contributed by atoms with Crippen LogP contribution in [0.25, 0.3) is 22.3 Å². The molecule has 3 aromatic heterocycles. The lowest BCUT2D eigenvalue weighted by molar-refractivity contribution is 0.186. The van der Waals surface area contributed by atoms with E-state index in [1.165, 1.54) is 6.07 Å². The molecule has 5 rings (SSSR count). The molecule has 1 fully saturated rings. The zero-order valence-corrected chi connectivity index (χ0v) is 27.7. The summed E-state index contributed by atoms with van der Waals surface area (Å²) in [4.78, 5) is 22.6. The van der Waals surface area contributed by atoms with Crippen LogP contribution in [0.1, 0.15) is 58.1 Å². The number of halogens is 2. The minimum Gasteiger partial charge on any atom is -0.370 e. The van der Waals surface area contributed by atoms with Gasteiger partial charge in [-0.05, 0) is 77.9 Å². The van der Waals surface area contributed by atoms with E-state index in [0.717, 1.165) is 56.6 Å². The minimum absolute atomic E-state index is 0.0110. The van der Waals surface area contributed by atoms with Gasteiger partial charge in [0.15, 0.2) is 11.6 Å².